The van der Waals surface area contributed by atoms with E-state index in [1.165, 1.54) is 7.11 Å². The molecule has 0 saturated heterocycles. The normalized spacial score (nSPS) is 19.3. The van der Waals surface area contributed by atoms with E-state index in [9.17, 15) is 4.79 Å². The van der Waals surface area contributed by atoms with Gasteiger partial charge in [-0.2, -0.15) is 0 Å². The van der Waals surface area contributed by atoms with Gasteiger partial charge in [0.1, 0.15) is 0 Å². The van der Waals surface area contributed by atoms with Gasteiger partial charge in [-0.3, -0.25) is 0 Å². The standard InChI is InChI=1S/C12H13NO3/c1-16-11-9-5-3-2-4-8(9)6-7-10(13-11)12(14)15/h2-5,10H,6-7H2,1H3,(H,14,15). The third-order valence-corrected chi connectivity index (χ3v) is 2.69. The molecular formula is C12H13NO3. The van der Waals surface area contributed by atoms with Crippen molar-refractivity contribution in [1.29, 1.82) is 0 Å². The Hall–Kier alpha value is -1.84. The molecule has 4 nitrogen and oxygen atoms in total. The van der Waals surface area contributed by atoms with E-state index in [2.05, 4.69) is 4.99 Å². The Labute approximate surface area is 93.6 Å². The molecule has 1 unspecified atom stereocenters. The van der Waals surface area contributed by atoms with Crippen LogP contribution in [0.3, 0.4) is 0 Å². The summed E-state index contributed by atoms with van der Waals surface area (Å²) >= 11 is 0. The second kappa shape index (κ2) is 4.35. The maximum absolute atomic E-state index is 11.0. The SMILES string of the molecule is COC1=NC(C(=O)O)CCc2ccccc21. The van der Waals surface area contributed by atoms with E-state index in [1.54, 1.807) is 0 Å². The van der Waals surface area contributed by atoms with Gasteiger partial charge in [0.15, 0.2) is 6.04 Å². The van der Waals surface area contributed by atoms with Gasteiger partial charge >= 0.3 is 5.97 Å². The maximum Gasteiger partial charge on any atom is 0.328 e. The van der Waals surface area contributed by atoms with Crippen LogP contribution in [0.25, 0.3) is 0 Å². The number of aryl methyl sites for hydroxylation is 1. The third kappa shape index (κ3) is 1.91. The molecule has 2 rings (SSSR count). The van der Waals surface area contributed by atoms with Crippen LogP contribution < -0.4 is 0 Å². The first-order valence-electron chi connectivity index (χ1n) is 5.15. The minimum Gasteiger partial charge on any atom is -0.481 e. The average Bonchev–Trinajstić information content (AvgIpc) is 2.48. The minimum atomic E-state index is -0.901. The molecule has 0 amide bonds. The van der Waals surface area contributed by atoms with Crippen LogP contribution in [0, 0.1) is 0 Å². The van der Waals surface area contributed by atoms with Gasteiger partial charge in [0, 0.05) is 5.56 Å². The van der Waals surface area contributed by atoms with Crippen molar-refractivity contribution in [2.24, 2.45) is 4.99 Å². The summed E-state index contributed by atoms with van der Waals surface area (Å²) in [4.78, 5) is 15.1. The molecule has 0 aliphatic carbocycles. The number of ether oxygens (including phenoxy) is 1. The Morgan fingerprint density at radius 1 is 1.50 bits per heavy atom. The number of methoxy groups -OCH3 is 1. The summed E-state index contributed by atoms with van der Waals surface area (Å²) in [5, 5.41) is 8.99. The predicted octanol–water partition coefficient (Wildman–Crippen LogP) is 1.48. The highest BCUT2D eigenvalue weighted by Crippen LogP contribution is 2.19. The lowest BCUT2D eigenvalue weighted by atomic mass is 10.0. The second-order valence-corrected chi connectivity index (χ2v) is 3.69. The lowest BCUT2D eigenvalue weighted by Gasteiger charge is -2.07. The highest BCUT2D eigenvalue weighted by Gasteiger charge is 2.23. The van der Waals surface area contributed by atoms with Gasteiger partial charge in [0.25, 0.3) is 0 Å². The first-order valence-corrected chi connectivity index (χ1v) is 5.15. The number of aliphatic carboxylic acids is 1. The highest BCUT2D eigenvalue weighted by atomic mass is 16.5. The summed E-state index contributed by atoms with van der Waals surface area (Å²) in [7, 11) is 1.51. The molecule has 84 valence electrons. The Morgan fingerprint density at radius 3 is 2.94 bits per heavy atom. The van der Waals surface area contributed by atoms with Crippen molar-refractivity contribution in [1.82, 2.24) is 0 Å². The molecule has 1 aliphatic heterocycles. The number of rotatable bonds is 1. The zero-order chi connectivity index (χ0) is 11.5. The molecule has 0 saturated carbocycles. The fourth-order valence-corrected chi connectivity index (χ4v) is 1.86. The van der Waals surface area contributed by atoms with Gasteiger partial charge in [0.05, 0.1) is 7.11 Å². The van der Waals surface area contributed by atoms with Gasteiger partial charge in [0.2, 0.25) is 5.90 Å². The van der Waals surface area contributed by atoms with Crippen LogP contribution in [0.2, 0.25) is 0 Å². The van der Waals surface area contributed by atoms with Gasteiger partial charge in [-0.05, 0) is 24.5 Å². The van der Waals surface area contributed by atoms with Crippen LogP contribution in [0.1, 0.15) is 17.5 Å². The molecule has 1 aromatic rings. The summed E-state index contributed by atoms with van der Waals surface area (Å²) < 4.78 is 5.16. The first kappa shape index (κ1) is 10.7. The van der Waals surface area contributed by atoms with Crippen LogP contribution >= 0.6 is 0 Å². The summed E-state index contributed by atoms with van der Waals surface area (Å²) in [6, 6.07) is 7.01. The lowest BCUT2D eigenvalue weighted by Crippen LogP contribution is -2.19. The zero-order valence-corrected chi connectivity index (χ0v) is 9.01. The van der Waals surface area contributed by atoms with Crippen molar-refractivity contribution in [2.45, 2.75) is 18.9 Å². The van der Waals surface area contributed by atoms with Crippen molar-refractivity contribution < 1.29 is 14.6 Å². The molecular weight excluding hydrogens is 206 g/mol. The van der Waals surface area contributed by atoms with Crippen molar-refractivity contribution >= 4 is 11.9 Å². The molecule has 1 atom stereocenters. The van der Waals surface area contributed by atoms with E-state index in [4.69, 9.17) is 9.84 Å². The third-order valence-electron chi connectivity index (χ3n) is 2.69. The Balaban J connectivity index is 2.44. The smallest absolute Gasteiger partial charge is 0.328 e. The average molecular weight is 219 g/mol. The van der Waals surface area contributed by atoms with E-state index in [0.29, 0.717) is 18.7 Å². The minimum absolute atomic E-state index is 0.417. The molecule has 1 N–H and O–H groups in total. The summed E-state index contributed by atoms with van der Waals surface area (Å²) in [6.45, 7) is 0. The van der Waals surface area contributed by atoms with Crippen LogP contribution in [-0.4, -0.2) is 30.1 Å². The quantitative estimate of drug-likeness (QED) is 0.778. The largest absolute Gasteiger partial charge is 0.481 e. The van der Waals surface area contributed by atoms with E-state index in [-0.39, 0.29) is 0 Å². The lowest BCUT2D eigenvalue weighted by molar-refractivity contribution is -0.138. The van der Waals surface area contributed by atoms with Crippen LogP contribution in [0.5, 0.6) is 0 Å². The molecule has 1 heterocycles. The van der Waals surface area contributed by atoms with Crippen LogP contribution in [0.4, 0.5) is 0 Å². The van der Waals surface area contributed by atoms with Gasteiger partial charge in [-0.1, -0.05) is 18.2 Å². The molecule has 1 aliphatic rings. The monoisotopic (exact) mass is 219 g/mol. The van der Waals surface area contributed by atoms with Crippen molar-refractivity contribution in [3.05, 3.63) is 35.4 Å². The summed E-state index contributed by atoms with van der Waals surface area (Å²) in [5.41, 5.74) is 1.99. The van der Waals surface area contributed by atoms with E-state index < -0.39 is 12.0 Å². The molecule has 4 heteroatoms. The Morgan fingerprint density at radius 2 is 2.25 bits per heavy atom. The predicted molar refractivity (Wildman–Crippen MR) is 59.7 cm³/mol. The Kier molecular flexibility index (Phi) is 2.90. The molecule has 0 bridgehead atoms. The van der Waals surface area contributed by atoms with Crippen LogP contribution in [0.15, 0.2) is 29.3 Å². The highest BCUT2D eigenvalue weighted by molar-refractivity contribution is 5.97. The number of nitrogens with zero attached hydrogens (tertiary/aromatic N) is 1. The molecule has 0 fully saturated rings. The maximum atomic E-state index is 11.0. The molecule has 16 heavy (non-hydrogen) atoms. The fourth-order valence-electron chi connectivity index (χ4n) is 1.86. The number of fused-ring (bicyclic) bond motifs is 1. The zero-order valence-electron chi connectivity index (χ0n) is 9.01. The number of hydrogen-bond acceptors (Lipinski definition) is 3. The number of hydrogen-bond donors (Lipinski definition) is 1. The number of carboxylic acids is 1. The summed E-state index contributed by atoms with van der Waals surface area (Å²) in [6.07, 6.45) is 1.22. The van der Waals surface area contributed by atoms with Crippen molar-refractivity contribution in [2.75, 3.05) is 7.11 Å². The number of benzene rings is 1. The molecule has 0 radical (unpaired) electrons. The van der Waals surface area contributed by atoms with Gasteiger partial charge in [-0.15, -0.1) is 0 Å². The number of carboxylic acid groups (broad SMARTS) is 1. The van der Waals surface area contributed by atoms with Crippen molar-refractivity contribution in [3.8, 4) is 0 Å². The number of aliphatic imine (C=N–C) groups is 1. The van der Waals surface area contributed by atoms with Crippen LogP contribution in [-0.2, 0) is 16.0 Å². The van der Waals surface area contributed by atoms with Gasteiger partial charge in [-0.25, -0.2) is 9.79 Å². The van der Waals surface area contributed by atoms with E-state index in [1.807, 2.05) is 24.3 Å². The summed E-state index contributed by atoms with van der Waals surface area (Å²) in [5.74, 6) is -0.483. The molecule has 0 spiro atoms. The Bertz CT molecular complexity index is 440. The number of carbonyl (C=O) groups is 1. The van der Waals surface area contributed by atoms with Gasteiger partial charge < -0.3 is 9.84 Å². The molecule has 0 aromatic heterocycles. The second-order valence-electron chi connectivity index (χ2n) is 3.69. The fraction of sp³-hybridized carbons (Fsp3) is 0.333. The molecule has 1 aromatic carbocycles. The van der Waals surface area contributed by atoms with E-state index in [0.717, 1.165) is 11.1 Å². The van der Waals surface area contributed by atoms with E-state index >= 15 is 0 Å². The van der Waals surface area contributed by atoms with Crippen molar-refractivity contribution in [3.63, 3.8) is 0 Å². The topological polar surface area (TPSA) is 58.9 Å². The first-order chi connectivity index (χ1) is 7.72.